The van der Waals surface area contributed by atoms with Gasteiger partial charge < -0.3 is 10.3 Å². The predicted molar refractivity (Wildman–Crippen MR) is 135 cm³/mol. The molecule has 0 unspecified atom stereocenters. The van der Waals surface area contributed by atoms with E-state index in [9.17, 15) is 9.59 Å². The van der Waals surface area contributed by atoms with Crippen LogP contribution in [-0.4, -0.2) is 26.2 Å². The van der Waals surface area contributed by atoms with Crippen LogP contribution < -0.4 is 10.9 Å². The van der Waals surface area contributed by atoms with Gasteiger partial charge in [-0.15, -0.1) is 0 Å². The van der Waals surface area contributed by atoms with Crippen molar-refractivity contribution in [2.75, 3.05) is 5.75 Å². The Labute approximate surface area is 201 Å². The Hall–Kier alpha value is -3.03. The monoisotopic (exact) mass is 480 g/mol. The maximum atomic E-state index is 13.2. The number of carbonyl (C=O) groups is 1. The molecule has 2 N–H and O–H groups in total. The van der Waals surface area contributed by atoms with Crippen molar-refractivity contribution in [1.82, 2.24) is 19.9 Å². The van der Waals surface area contributed by atoms with Crippen molar-refractivity contribution in [2.45, 2.75) is 38.0 Å². The molecule has 4 aromatic rings. The van der Waals surface area contributed by atoms with Gasteiger partial charge in [0.1, 0.15) is 11.0 Å². The molecule has 0 fully saturated rings. The minimum atomic E-state index is -0.122. The summed E-state index contributed by atoms with van der Waals surface area (Å²) in [5.41, 5.74) is 3.83. The van der Waals surface area contributed by atoms with Crippen molar-refractivity contribution >= 4 is 40.3 Å². The molecule has 2 heterocycles. The number of aromatic amines is 1. The normalized spacial score (nSPS) is 11.1. The first-order chi connectivity index (χ1) is 16.1. The fourth-order valence-corrected chi connectivity index (χ4v) is 4.49. The van der Waals surface area contributed by atoms with Crippen LogP contribution in [0.2, 0.25) is 5.02 Å². The molecular formula is C25H25ClN4O2S. The molecular weight excluding hydrogens is 456 g/mol. The average Bonchev–Trinajstić information content (AvgIpc) is 3.26. The van der Waals surface area contributed by atoms with E-state index in [1.165, 1.54) is 11.8 Å². The fraction of sp³-hybridized carbons (Fsp3) is 0.240. The maximum absolute atomic E-state index is 13.2. The molecule has 0 saturated heterocycles. The van der Waals surface area contributed by atoms with E-state index in [1.807, 2.05) is 48.7 Å². The van der Waals surface area contributed by atoms with Crippen LogP contribution in [0.15, 0.2) is 70.7 Å². The molecule has 0 radical (unpaired) electrons. The van der Waals surface area contributed by atoms with E-state index < -0.39 is 0 Å². The van der Waals surface area contributed by atoms with Crippen LogP contribution in [0.5, 0.6) is 0 Å². The zero-order valence-corrected chi connectivity index (χ0v) is 19.9. The topological polar surface area (TPSA) is 79.8 Å². The Bertz CT molecular complexity index is 1300. The quantitative estimate of drug-likeness (QED) is 0.253. The highest BCUT2D eigenvalue weighted by molar-refractivity contribution is 7.99. The molecule has 0 aliphatic heterocycles. The van der Waals surface area contributed by atoms with Crippen LogP contribution in [0.1, 0.15) is 25.3 Å². The van der Waals surface area contributed by atoms with E-state index in [4.69, 9.17) is 16.6 Å². The van der Waals surface area contributed by atoms with Crippen molar-refractivity contribution in [1.29, 1.82) is 0 Å². The van der Waals surface area contributed by atoms with Crippen LogP contribution in [0.4, 0.5) is 0 Å². The highest BCUT2D eigenvalue weighted by Crippen LogP contribution is 2.27. The zero-order chi connectivity index (χ0) is 23.2. The smallest absolute Gasteiger partial charge is 0.278 e. The summed E-state index contributed by atoms with van der Waals surface area (Å²) < 4.78 is 1.67. The van der Waals surface area contributed by atoms with Gasteiger partial charge in [-0.1, -0.05) is 79.2 Å². The van der Waals surface area contributed by atoms with E-state index in [1.54, 1.807) is 16.7 Å². The number of unbranched alkanes of at least 4 members (excludes halogenated alkanes) is 1. The Morgan fingerprint density at radius 1 is 1.15 bits per heavy atom. The Kier molecular flexibility index (Phi) is 7.52. The lowest BCUT2D eigenvalue weighted by atomic mass is 10.1. The number of fused-ring (bicyclic) bond motifs is 1. The van der Waals surface area contributed by atoms with E-state index >= 15 is 0 Å². The second-order valence-electron chi connectivity index (χ2n) is 7.69. The van der Waals surface area contributed by atoms with Gasteiger partial charge in [0.05, 0.1) is 5.75 Å². The number of halogens is 1. The first kappa shape index (κ1) is 23.1. The van der Waals surface area contributed by atoms with Gasteiger partial charge in [-0.3, -0.25) is 14.2 Å². The molecule has 0 bridgehead atoms. The second kappa shape index (κ2) is 10.7. The highest BCUT2D eigenvalue weighted by Gasteiger charge is 2.17. The number of H-pyrrole nitrogens is 1. The molecule has 170 valence electrons. The summed E-state index contributed by atoms with van der Waals surface area (Å²) in [6, 6.07) is 17.2. The van der Waals surface area contributed by atoms with Gasteiger partial charge in [0.2, 0.25) is 5.91 Å². The van der Waals surface area contributed by atoms with Crippen LogP contribution in [-0.2, 0) is 17.9 Å². The first-order valence-electron chi connectivity index (χ1n) is 10.9. The number of hydrogen-bond acceptors (Lipinski definition) is 4. The fourth-order valence-electron chi connectivity index (χ4n) is 3.52. The lowest BCUT2D eigenvalue weighted by molar-refractivity contribution is -0.118. The Balaban J connectivity index is 1.57. The van der Waals surface area contributed by atoms with E-state index in [2.05, 4.69) is 17.2 Å². The van der Waals surface area contributed by atoms with Gasteiger partial charge in [0, 0.05) is 29.9 Å². The minimum absolute atomic E-state index is 0.111. The molecule has 8 heteroatoms. The summed E-state index contributed by atoms with van der Waals surface area (Å²) >= 11 is 7.20. The van der Waals surface area contributed by atoms with Crippen LogP contribution >= 0.6 is 23.4 Å². The molecule has 33 heavy (non-hydrogen) atoms. The number of hydrogen-bond donors (Lipinski definition) is 2. The van der Waals surface area contributed by atoms with Gasteiger partial charge in [0.15, 0.2) is 5.16 Å². The van der Waals surface area contributed by atoms with E-state index in [0.29, 0.717) is 34.3 Å². The number of rotatable bonds is 9. The zero-order valence-electron chi connectivity index (χ0n) is 18.3. The van der Waals surface area contributed by atoms with Crippen molar-refractivity contribution in [2.24, 2.45) is 0 Å². The SMILES string of the molecule is CCCCn1c(SCC(=O)NCc2ccc(Cl)cc2)nc2c(-c3ccccc3)c[nH]c2c1=O. The van der Waals surface area contributed by atoms with E-state index in [-0.39, 0.29) is 17.2 Å². The summed E-state index contributed by atoms with van der Waals surface area (Å²) in [6.07, 6.45) is 3.64. The predicted octanol–water partition coefficient (Wildman–Crippen LogP) is 5.25. The van der Waals surface area contributed by atoms with Gasteiger partial charge in [-0.25, -0.2) is 4.98 Å². The molecule has 1 amide bonds. The third-order valence-corrected chi connectivity index (χ3v) is 6.53. The van der Waals surface area contributed by atoms with Crippen LogP contribution in [0.3, 0.4) is 0 Å². The third kappa shape index (κ3) is 5.49. The molecule has 0 saturated carbocycles. The molecule has 2 aromatic carbocycles. The van der Waals surface area contributed by atoms with Crippen molar-refractivity contribution < 1.29 is 4.79 Å². The third-order valence-electron chi connectivity index (χ3n) is 5.31. The van der Waals surface area contributed by atoms with E-state index in [0.717, 1.165) is 29.5 Å². The van der Waals surface area contributed by atoms with Crippen LogP contribution in [0, 0.1) is 0 Å². The standard InChI is InChI=1S/C25H25ClN4O2S/c1-2-3-13-30-24(32)23-22(20(15-28-23)18-7-5-4-6-8-18)29-25(30)33-16-21(31)27-14-17-9-11-19(26)12-10-17/h4-12,15,28H,2-3,13-14,16H2,1H3,(H,27,31). The summed E-state index contributed by atoms with van der Waals surface area (Å²) in [5, 5.41) is 4.13. The number of thioether (sulfide) groups is 1. The largest absolute Gasteiger partial charge is 0.355 e. The van der Waals surface area contributed by atoms with Crippen molar-refractivity contribution in [3.05, 3.63) is 81.7 Å². The number of aromatic nitrogens is 3. The van der Waals surface area contributed by atoms with Gasteiger partial charge in [-0.2, -0.15) is 0 Å². The molecule has 4 rings (SSSR count). The first-order valence-corrected chi connectivity index (χ1v) is 12.2. The Morgan fingerprint density at radius 2 is 1.91 bits per heavy atom. The molecule has 0 atom stereocenters. The summed E-state index contributed by atoms with van der Waals surface area (Å²) in [7, 11) is 0. The number of nitrogens with one attached hydrogen (secondary N) is 2. The molecule has 2 aromatic heterocycles. The van der Waals surface area contributed by atoms with Gasteiger partial charge in [0.25, 0.3) is 5.56 Å². The van der Waals surface area contributed by atoms with Crippen molar-refractivity contribution in [3.63, 3.8) is 0 Å². The number of amides is 1. The molecule has 0 spiro atoms. The lowest BCUT2D eigenvalue weighted by Gasteiger charge is -2.12. The molecule has 0 aliphatic carbocycles. The molecule has 0 aliphatic rings. The summed E-state index contributed by atoms with van der Waals surface area (Å²) in [4.78, 5) is 33.7. The summed E-state index contributed by atoms with van der Waals surface area (Å²) in [5.74, 6) is 0.0478. The summed E-state index contributed by atoms with van der Waals surface area (Å²) in [6.45, 7) is 3.06. The highest BCUT2D eigenvalue weighted by atomic mass is 35.5. The number of carbonyl (C=O) groups excluding carboxylic acids is 1. The van der Waals surface area contributed by atoms with Gasteiger partial charge in [-0.05, 0) is 29.7 Å². The Morgan fingerprint density at radius 3 is 2.64 bits per heavy atom. The second-order valence-corrected chi connectivity index (χ2v) is 9.07. The molecule has 6 nitrogen and oxygen atoms in total. The minimum Gasteiger partial charge on any atom is -0.355 e. The van der Waals surface area contributed by atoms with Gasteiger partial charge >= 0.3 is 0 Å². The lowest BCUT2D eigenvalue weighted by Crippen LogP contribution is -2.27. The maximum Gasteiger partial charge on any atom is 0.278 e. The number of nitrogens with zero attached hydrogens (tertiary/aromatic N) is 2. The van der Waals surface area contributed by atoms with Crippen LogP contribution in [0.25, 0.3) is 22.2 Å². The number of benzene rings is 2. The average molecular weight is 481 g/mol. The van der Waals surface area contributed by atoms with Crippen molar-refractivity contribution in [3.8, 4) is 11.1 Å².